The monoisotopic (exact) mass is 479 g/mol. The van der Waals surface area contributed by atoms with E-state index in [1.165, 1.54) is 6.20 Å². The highest BCUT2D eigenvalue weighted by molar-refractivity contribution is 6.01. The van der Waals surface area contributed by atoms with Gasteiger partial charge in [0.2, 0.25) is 0 Å². The number of halogens is 1. The number of rotatable bonds is 6. The Morgan fingerprint density at radius 2 is 2.17 bits per heavy atom. The molecule has 4 atom stereocenters. The first-order valence-corrected chi connectivity index (χ1v) is 11.7. The highest BCUT2D eigenvalue weighted by Gasteiger charge is 2.34. The second-order valence-corrected chi connectivity index (χ2v) is 8.95. The molecule has 2 fully saturated rings. The van der Waals surface area contributed by atoms with Crippen LogP contribution in [-0.2, 0) is 9.47 Å². The fourth-order valence-electron chi connectivity index (χ4n) is 4.85. The Morgan fingerprint density at radius 1 is 1.29 bits per heavy atom. The average Bonchev–Trinajstić information content (AvgIpc) is 3.61. The zero-order valence-electron chi connectivity index (χ0n) is 19.4. The van der Waals surface area contributed by atoms with Gasteiger partial charge in [-0.15, -0.1) is 0 Å². The van der Waals surface area contributed by atoms with E-state index in [4.69, 9.17) is 14.5 Å². The van der Waals surface area contributed by atoms with Crippen molar-refractivity contribution in [3.63, 3.8) is 0 Å². The second kappa shape index (κ2) is 8.58. The molecule has 1 aliphatic heterocycles. The standard InChI is InChI=1S/C24H26FN7O3/c1-26-21-8-18(29-23-14(9-28-32(21)23)24(33)30-17-6-5-16(17)25)15-10-31(19-11-35-12-20(19)34-2)22-13(15)4-3-7-27-22/h3-4,7-10,16-17,19-20,26H,5-6,11-12H2,1-2H3,(H,30,33)/t16-,17-,19-,20-/m0/s1. The molecule has 2 N–H and O–H groups in total. The zero-order chi connectivity index (χ0) is 24.1. The van der Waals surface area contributed by atoms with Crippen LogP contribution in [0.3, 0.4) is 0 Å². The number of methoxy groups -OCH3 is 1. The highest BCUT2D eigenvalue weighted by Crippen LogP contribution is 2.35. The number of pyridine rings is 1. The first-order chi connectivity index (χ1) is 17.1. The number of carbonyl (C=O) groups excluding carboxylic acids is 1. The van der Waals surface area contributed by atoms with E-state index in [1.54, 1.807) is 24.9 Å². The molecule has 1 saturated heterocycles. The van der Waals surface area contributed by atoms with Crippen molar-refractivity contribution in [3.8, 4) is 11.3 Å². The summed E-state index contributed by atoms with van der Waals surface area (Å²) in [6.07, 6.45) is 5.25. The second-order valence-electron chi connectivity index (χ2n) is 8.95. The quantitative estimate of drug-likeness (QED) is 0.438. The molecule has 11 heteroatoms. The number of nitrogens with one attached hydrogen (secondary N) is 2. The van der Waals surface area contributed by atoms with Gasteiger partial charge in [0.1, 0.15) is 29.3 Å². The maximum absolute atomic E-state index is 13.7. The molecule has 10 nitrogen and oxygen atoms in total. The zero-order valence-corrected chi connectivity index (χ0v) is 19.4. The Balaban J connectivity index is 1.47. The minimum Gasteiger partial charge on any atom is -0.377 e. The molecular weight excluding hydrogens is 453 g/mol. The number of hydrogen-bond acceptors (Lipinski definition) is 7. The van der Waals surface area contributed by atoms with E-state index < -0.39 is 12.2 Å². The summed E-state index contributed by atoms with van der Waals surface area (Å²) in [4.78, 5) is 22.4. The molecule has 0 unspecified atom stereocenters. The molecule has 0 bridgehead atoms. The highest BCUT2D eigenvalue weighted by atomic mass is 19.1. The van der Waals surface area contributed by atoms with Crippen LogP contribution in [0.1, 0.15) is 29.2 Å². The molecule has 35 heavy (non-hydrogen) atoms. The largest absolute Gasteiger partial charge is 0.377 e. The number of amides is 1. The van der Waals surface area contributed by atoms with E-state index in [9.17, 15) is 9.18 Å². The van der Waals surface area contributed by atoms with Crippen LogP contribution in [0.25, 0.3) is 27.9 Å². The van der Waals surface area contributed by atoms with Gasteiger partial charge >= 0.3 is 0 Å². The van der Waals surface area contributed by atoms with E-state index in [2.05, 4.69) is 25.3 Å². The fraction of sp³-hybridized carbons (Fsp3) is 0.417. The molecule has 0 aromatic carbocycles. The Morgan fingerprint density at radius 3 is 2.91 bits per heavy atom. The van der Waals surface area contributed by atoms with Crippen LogP contribution in [0, 0.1) is 0 Å². The topological polar surface area (TPSA) is 108 Å². The van der Waals surface area contributed by atoms with E-state index >= 15 is 0 Å². The lowest BCUT2D eigenvalue weighted by Crippen LogP contribution is -2.48. The molecule has 6 rings (SSSR count). The average molecular weight is 480 g/mol. The Labute approximate surface area is 200 Å². The van der Waals surface area contributed by atoms with E-state index in [1.807, 2.05) is 24.4 Å². The van der Waals surface area contributed by atoms with Gasteiger partial charge in [-0.05, 0) is 25.0 Å². The number of alkyl halides is 1. The van der Waals surface area contributed by atoms with E-state index in [0.29, 0.717) is 48.8 Å². The summed E-state index contributed by atoms with van der Waals surface area (Å²) in [6.45, 7) is 1.04. The van der Waals surface area contributed by atoms with Crippen molar-refractivity contribution in [2.24, 2.45) is 0 Å². The van der Waals surface area contributed by atoms with Crippen LogP contribution < -0.4 is 10.6 Å². The number of carbonyl (C=O) groups is 1. The third-order valence-electron chi connectivity index (χ3n) is 7.00. The number of hydrogen-bond donors (Lipinski definition) is 2. The molecule has 2 aliphatic rings. The van der Waals surface area contributed by atoms with Gasteiger partial charge in [0.05, 0.1) is 37.2 Å². The summed E-state index contributed by atoms with van der Waals surface area (Å²) in [5.41, 5.74) is 3.02. The maximum Gasteiger partial charge on any atom is 0.257 e. The van der Waals surface area contributed by atoms with Crippen molar-refractivity contribution in [1.82, 2.24) is 29.5 Å². The number of fused-ring (bicyclic) bond motifs is 2. The molecule has 4 aromatic heterocycles. The first-order valence-electron chi connectivity index (χ1n) is 11.7. The summed E-state index contributed by atoms with van der Waals surface area (Å²) in [6, 6.07) is 5.28. The normalized spacial score (nSPS) is 24.1. The number of anilines is 1. The number of aromatic nitrogens is 5. The third-order valence-corrected chi connectivity index (χ3v) is 7.00. The summed E-state index contributed by atoms with van der Waals surface area (Å²) < 4.78 is 28.7. The van der Waals surface area contributed by atoms with E-state index in [0.717, 1.165) is 16.6 Å². The number of nitrogens with zero attached hydrogens (tertiary/aromatic N) is 5. The molecule has 182 valence electrons. The Bertz CT molecular complexity index is 1420. The van der Waals surface area contributed by atoms with Crippen molar-refractivity contribution >= 4 is 28.4 Å². The predicted molar refractivity (Wildman–Crippen MR) is 127 cm³/mol. The lowest BCUT2D eigenvalue weighted by Gasteiger charge is -2.30. The summed E-state index contributed by atoms with van der Waals surface area (Å²) in [5.74, 6) is 0.286. The van der Waals surface area contributed by atoms with Crippen molar-refractivity contribution in [2.45, 2.75) is 37.2 Å². The maximum atomic E-state index is 13.7. The Hall–Kier alpha value is -3.57. The van der Waals surface area contributed by atoms with E-state index in [-0.39, 0.29) is 18.1 Å². The SMILES string of the molecule is CNc1cc(-c2cn([C@H]3COC[C@@H]3OC)c3ncccc23)nc2c(C(=O)N[C@H]3CC[C@@H]3F)cnn12. The van der Waals surface area contributed by atoms with Gasteiger partial charge in [0.15, 0.2) is 5.65 Å². The molecule has 4 aromatic rings. The van der Waals surface area contributed by atoms with Crippen LogP contribution in [0.4, 0.5) is 10.2 Å². The van der Waals surface area contributed by atoms with Crippen LogP contribution in [0.15, 0.2) is 36.8 Å². The van der Waals surface area contributed by atoms with Gasteiger partial charge in [-0.2, -0.15) is 9.61 Å². The van der Waals surface area contributed by atoms with Gasteiger partial charge in [-0.1, -0.05) is 0 Å². The third kappa shape index (κ3) is 3.53. The lowest BCUT2D eigenvalue weighted by atomic mass is 9.90. The molecule has 0 spiro atoms. The lowest BCUT2D eigenvalue weighted by molar-refractivity contribution is 0.0692. The van der Waals surface area contributed by atoms with Crippen molar-refractivity contribution in [1.29, 1.82) is 0 Å². The molecule has 5 heterocycles. The summed E-state index contributed by atoms with van der Waals surface area (Å²) in [7, 11) is 3.47. The van der Waals surface area contributed by atoms with Crippen LogP contribution in [0.2, 0.25) is 0 Å². The van der Waals surface area contributed by atoms with Crippen molar-refractivity contribution in [3.05, 3.63) is 42.4 Å². The fourth-order valence-corrected chi connectivity index (χ4v) is 4.85. The van der Waals surface area contributed by atoms with Crippen LogP contribution in [-0.4, -0.2) is 75.7 Å². The summed E-state index contributed by atoms with van der Waals surface area (Å²) >= 11 is 0. The minimum atomic E-state index is -1.01. The summed E-state index contributed by atoms with van der Waals surface area (Å²) in [5, 5.41) is 11.2. The van der Waals surface area contributed by atoms with Gasteiger partial charge < -0.3 is 24.7 Å². The number of ether oxygens (including phenoxy) is 2. The van der Waals surface area contributed by atoms with Gasteiger partial charge in [-0.25, -0.2) is 14.4 Å². The molecular formula is C24H26FN7O3. The van der Waals surface area contributed by atoms with Crippen molar-refractivity contribution in [2.75, 3.05) is 32.7 Å². The Kier molecular flexibility index (Phi) is 5.37. The van der Waals surface area contributed by atoms with Crippen molar-refractivity contribution < 1.29 is 18.7 Å². The van der Waals surface area contributed by atoms with Crippen LogP contribution in [0.5, 0.6) is 0 Å². The van der Waals surface area contributed by atoms with Gasteiger partial charge in [0.25, 0.3) is 5.91 Å². The molecule has 0 radical (unpaired) electrons. The first kappa shape index (κ1) is 21.9. The molecule has 1 saturated carbocycles. The molecule has 1 amide bonds. The van der Waals surface area contributed by atoms with Gasteiger partial charge in [-0.3, -0.25) is 4.79 Å². The predicted octanol–water partition coefficient (Wildman–Crippen LogP) is 2.60. The van der Waals surface area contributed by atoms with Crippen LogP contribution >= 0.6 is 0 Å². The minimum absolute atomic E-state index is 0.0221. The molecule has 1 aliphatic carbocycles. The van der Waals surface area contributed by atoms with Gasteiger partial charge in [0, 0.05) is 43.6 Å². The smallest absolute Gasteiger partial charge is 0.257 e.